The van der Waals surface area contributed by atoms with Crippen molar-refractivity contribution < 1.29 is 4.79 Å². The number of fused-ring (bicyclic) bond motifs is 2. The van der Waals surface area contributed by atoms with Crippen LogP contribution < -0.4 is 0 Å². The van der Waals surface area contributed by atoms with E-state index in [1.807, 2.05) is 53.4 Å². The van der Waals surface area contributed by atoms with Crippen molar-refractivity contribution in [3.05, 3.63) is 71.4 Å². The molecule has 4 nitrogen and oxygen atoms in total. The monoisotopic (exact) mass is 373 g/mol. The summed E-state index contributed by atoms with van der Waals surface area (Å²) in [4.78, 5) is 24.4. The molecular formula is C22H19N3OS. The van der Waals surface area contributed by atoms with Crippen molar-refractivity contribution in [2.75, 3.05) is 13.1 Å². The van der Waals surface area contributed by atoms with Crippen LogP contribution in [0.4, 0.5) is 0 Å². The first-order chi connectivity index (χ1) is 13.3. The maximum Gasteiger partial charge on any atom is 0.272 e. The van der Waals surface area contributed by atoms with Crippen molar-refractivity contribution in [2.45, 2.75) is 18.8 Å². The maximum atomic E-state index is 13.0. The van der Waals surface area contributed by atoms with Crippen LogP contribution in [0.1, 0.15) is 34.3 Å². The number of para-hydroxylation sites is 2. The topological polar surface area (TPSA) is 46.1 Å². The minimum Gasteiger partial charge on any atom is -0.337 e. The fourth-order valence-corrected chi connectivity index (χ4v) is 4.87. The third-order valence-corrected chi connectivity index (χ3v) is 6.38. The molecule has 1 atom stereocenters. The number of hydrogen-bond donors (Lipinski definition) is 0. The molecule has 2 aromatic heterocycles. The SMILES string of the molecule is O=C(c1ccc2ccccc2n1)N1CCC[C@H](c2nc3ccccc3s2)C1. The van der Waals surface area contributed by atoms with Gasteiger partial charge in [0, 0.05) is 24.4 Å². The molecular weight excluding hydrogens is 354 g/mol. The Morgan fingerprint density at radius 1 is 0.963 bits per heavy atom. The summed E-state index contributed by atoms with van der Waals surface area (Å²) >= 11 is 1.75. The molecule has 5 heteroatoms. The van der Waals surface area contributed by atoms with Crippen molar-refractivity contribution in [3.8, 4) is 0 Å². The summed E-state index contributed by atoms with van der Waals surface area (Å²) < 4.78 is 1.21. The van der Waals surface area contributed by atoms with Gasteiger partial charge in [0.2, 0.25) is 0 Å². The second-order valence-electron chi connectivity index (χ2n) is 7.00. The van der Waals surface area contributed by atoms with Crippen LogP contribution in [-0.2, 0) is 0 Å². The molecule has 27 heavy (non-hydrogen) atoms. The molecule has 4 aromatic rings. The van der Waals surface area contributed by atoms with Gasteiger partial charge in [-0.05, 0) is 37.1 Å². The predicted octanol–water partition coefficient (Wildman–Crippen LogP) is 4.86. The molecule has 1 aliphatic heterocycles. The highest BCUT2D eigenvalue weighted by Crippen LogP contribution is 2.33. The Labute approximate surface area is 161 Å². The number of aromatic nitrogens is 2. The second kappa shape index (κ2) is 6.74. The minimum atomic E-state index is 0.0200. The molecule has 0 bridgehead atoms. The standard InChI is InChI=1S/C22H19N3OS/c26-22(19-12-11-15-6-1-2-8-17(15)23-19)25-13-5-7-16(14-25)21-24-18-9-3-4-10-20(18)27-21/h1-4,6,8-12,16H,5,7,13-14H2/t16-/m0/s1. The predicted molar refractivity (Wildman–Crippen MR) is 109 cm³/mol. The van der Waals surface area contributed by atoms with Crippen molar-refractivity contribution in [1.29, 1.82) is 0 Å². The van der Waals surface area contributed by atoms with Crippen LogP contribution in [0.25, 0.3) is 21.1 Å². The molecule has 0 spiro atoms. The molecule has 0 N–H and O–H groups in total. The maximum absolute atomic E-state index is 13.0. The average Bonchev–Trinajstić information content (AvgIpc) is 3.17. The summed E-state index contributed by atoms with van der Waals surface area (Å²) in [5.74, 6) is 0.326. The van der Waals surface area contributed by atoms with Gasteiger partial charge in [0.1, 0.15) is 5.69 Å². The van der Waals surface area contributed by atoms with Gasteiger partial charge in [-0.3, -0.25) is 4.79 Å². The number of pyridine rings is 1. The molecule has 1 amide bonds. The van der Waals surface area contributed by atoms with Crippen molar-refractivity contribution in [3.63, 3.8) is 0 Å². The zero-order valence-corrected chi connectivity index (χ0v) is 15.7. The molecule has 0 unspecified atom stereocenters. The van der Waals surface area contributed by atoms with Crippen LogP contribution in [0.3, 0.4) is 0 Å². The number of benzene rings is 2. The van der Waals surface area contributed by atoms with Gasteiger partial charge >= 0.3 is 0 Å². The summed E-state index contributed by atoms with van der Waals surface area (Å²) in [6.07, 6.45) is 2.08. The third kappa shape index (κ3) is 3.08. The lowest BCUT2D eigenvalue weighted by atomic mass is 9.98. The van der Waals surface area contributed by atoms with Crippen molar-refractivity contribution in [1.82, 2.24) is 14.9 Å². The summed E-state index contributed by atoms with van der Waals surface area (Å²) in [5.41, 5.74) is 2.44. The minimum absolute atomic E-state index is 0.0200. The van der Waals surface area contributed by atoms with Gasteiger partial charge in [-0.2, -0.15) is 0 Å². The van der Waals surface area contributed by atoms with Crippen LogP contribution in [0.15, 0.2) is 60.7 Å². The highest BCUT2D eigenvalue weighted by atomic mass is 32.1. The molecule has 1 fully saturated rings. The Morgan fingerprint density at radius 2 is 1.78 bits per heavy atom. The number of hydrogen-bond acceptors (Lipinski definition) is 4. The number of rotatable bonds is 2. The lowest BCUT2D eigenvalue weighted by Crippen LogP contribution is -2.39. The van der Waals surface area contributed by atoms with E-state index in [0.29, 0.717) is 18.2 Å². The fourth-order valence-electron chi connectivity index (χ4n) is 3.77. The zero-order chi connectivity index (χ0) is 18.2. The Balaban J connectivity index is 1.40. The molecule has 3 heterocycles. The summed E-state index contributed by atoms with van der Waals surface area (Å²) in [6, 6.07) is 20.0. The van der Waals surface area contributed by atoms with Crippen LogP contribution in [0.5, 0.6) is 0 Å². The number of nitrogens with zero attached hydrogens (tertiary/aromatic N) is 3. The largest absolute Gasteiger partial charge is 0.337 e. The lowest BCUT2D eigenvalue weighted by Gasteiger charge is -2.31. The van der Waals surface area contributed by atoms with Crippen molar-refractivity contribution >= 4 is 38.4 Å². The van der Waals surface area contributed by atoms with Crippen LogP contribution in [0.2, 0.25) is 0 Å². The molecule has 0 radical (unpaired) electrons. The van der Waals surface area contributed by atoms with Gasteiger partial charge < -0.3 is 4.90 Å². The van der Waals surface area contributed by atoms with E-state index < -0.39 is 0 Å². The number of piperidine rings is 1. The number of likely N-dealkylation sites (tertiary alicyclic amines) is 1. The smallest absolute Gasteiger partial charge is 0.272 e. The molecule has 1 saturated heterocycles. The van der Waals surface area contributed by atoms with Gasteiger partial charge in [-0.1, -0.05) is 36.4 Å². The third-order valence-electron chi connectivity index (χ3n) is 5.19. The number of carbonyl (C=O) groups is 1. The Morgan fingerprint density at radius 3 is 2.67 bits per heavy atom. The van der Waals surface area contributed by atoms with Crippen LogP contribution >= 0.6 is 11.3 Å². The second-order valence-corrected chi connectivity index (χ2v) is 8.06. The summed E-state index contributed by atoms with van der Waals surface area (Å²) in [6.45, 7) is 1.50. The van der Waals surface area contributed by atoms with E-state index in [-0.39, 0.29) is 5.91 Å². The molecule has 2 aromatic carbocycles. The van der Waals surface area contributed by atoms with E-state index in [9.17, 15) is 4.79 Å². The van der Waals surface area contributed by atoms with E-state index >= 15 is 0 Å². The highest BCUT2D eigenvalue weighted by Gasteiger charge is 2.28. The molecule has 0 aliphatic carbocycles. The van der Waals surface area contributed by atoms with E-state index in [0.717, 1.165) is 40.8 Å². The molecule has 134 valence electrons. The lowest BCUT2D eigenvalue weighted by molar-refractivity contribution is 0.0701. The number of thiazole rings is 1. The van der Waals surface area contributed by atoms with E-state index in [2.05, 4.69) is 17.1 Å². The van der Waals surface area contributed by atoms with E-state index in [1.54, 1.807) is 11.3 Å². The van der Waals surface area contributed by atoms with Crippen LogP contribution in [-0.4, -0.2) is 33.9 Å². The fraction of sp³-hybridized carbons (Fsp3) is 0.227. The van der Waals surface area contributed by atoms with E-state index in [1.165, 1.54) is 4.70 Å². The van der Waals surface area contributed by atoms with Gasteiger partial charge in [-0.15, -0.1) is 11.3 Å². The quantitative estimate of drug-likeness (QED) is 0.504. The number of amides is 1. The highest BCUT2D eigenvalue weighted by molar-refractivity contribution is 7.18. The van der Waals surface area contributed by atoms with E-state index in [4.69, 9.17) is 4.98 Å². The van der Waals surface area contributed by atoms with Crippen molar-refractivity contribution in [2.24, 2.45) is 0 Å². The Kier molecular flexibility index (Phi) is 4.09. The first-order valence-electron chi connectivity index (χ1n) is 9.28. The summed E-state index contributed by atoms with van der Waals surface area (Å²) in [7, 11) is 0. The Bertz CT molecular complexity index is 1100. The molecule has 1 aliphatic rings. The Hall–Kier alpha value is -2.79. The van der Waals surface area contributed by atoms with Gasteiger partial charge in [-0.25, -0.2) is 9.97 Å². The van der Waals surface area contributed by atoms with Gasteiger partial charge in [0.15, 0.2) is 0 Å². The molecule has 0 saturated carbocycles. The molecule has 5 rings (SSSR count). The normalized spacial score (nSPS) is 17.5. The first-order valence-corrected chi connectivity index (χ1v) is 10.1. The van der Waals surface area contributed by atoms with Gasteiger partial charge in [0.25, 0.3) is 5.91 Å². The van der Waals surface area contributed by atoms with Gasteiger partial charge in [0.05, 0.1) is 20.7 Å². The van der Waals surface area contributed by atoms with Crippen LogP contribution in [0, 0.1) is 0 Å². The number of carbonyl (C=O) groups excluding carboxylic acids is 1. The average molecular weight is 373 g/mol. The first kappa shape index (κ1) is 16.4. The zero-order valence-electron chi connectivity index (χ0n) is 14.8. The summed E-state index contributed by atoms with van der Waals surface area (Å²) in [5, 5.41) is 2.19.